The van der Waals surface area contributed by atoms with Crippen molar-refractivity contribution in [3.63, 3.8) is 0 Å². The molecule has 2 atom stereocenters. The van der Waals surface area contributed by atoms with Gasteiger partial charge in [0, 0.05) is 17.1 Å². The predicted octanol–water partition coefficient (Wildman–Crippen LogP) is 5.21. The van der Waals surface area contributed by atoms with Crippen LogP contribution in [-0.4, -0.2) is 6.04 Å². The van der Waals surface area contributed by atoms with Crippen molar-refractivity contribution in [2.45, 2.75) is 59.0 Å². The molecule has 2 unspecified atom stereocenters. The van der Waals surface area contributed by atoms with E-state index in [9.17, 15) is 0 Å². The maximum atomic E-state index is 5.95. The molecule has 1 nitrogen and oxygen atoms in total. The third kappa shape index (κ3) is 5.41. The molecule has 1 N–H and O–H groups in total. The molecule has 0 aliphatic carbocycles. The number of benzene rings is 1. The van der Waals surface area contributed by atoms with Gasteiger partial charge in [-0.1, -0.05) is 50.9 Å². The van der Waals surface area contributed by atoms with Gasteiger partial charge in [-0.3, -0.25) is 0 Å². The van der Waals surface area contributed by atoms with Crippen molar-refractivity contribution in [3.8, 4) is 0 Å². The minimum absolute atomic E-state index is 0.445. The summed E-state index contributed by atoms with van der Waals surface area (Å²) < 4.78 is 0. The summed E-state index contributed by atoms with van der Waals surface area (Å²) in [6, 6.07) is 9.23. The lowest BCUT2D eigenvalue weighted by atomic mass is 9.99. The first-order chi connectivity index (χ1) is 8.52. The third-order valence-corrected chi connectivity index (χ3v) is 3.41. The van der Waals surface area contributed by atoms with Gasteiger partial charge in [0.15, 0.2) is 0 Å². The van der Waals surface area contributed by atoms with E-state index in [-0.39, 0.29) is 0 Å². The van der Waals surface area contributed by atoms with Crippen molar-refractivity contribution in [2.75, 3.05) is 0 Å². The highest BCUT2D eigenvalue weighted by molar-refractivity contribution is 6.30. The van der Waals surface area contributed by atoms with Gasteiger partial charge in [-0.25, -0.2) is 0 Å². The van der Waals surface area contributed by atoms with Gasteiger partial charge < -0.3 is 5.32 Å². The Labute approximate surface area is 117 Å². The Morgan fingerprint density at radius 3 is 2.22 bits per heavy atom. The highest BCUT2D eigenvalue weighted by Gasteiger charge is 2.14. The number of hydrogen-bond donors (Lipinski definition) is 1. The largest absolute Gasteiger partial charge is 0.307 e. The standard InChI is InChI=1S/C16H26ClN/c1-5-6-16(18-13(4)11-12(2)3)14-7-9-15(17)10-8-14/h7-10,12-13,16,18H,5-6,11H2,1-4H3. The van der Waals surface area contributed by atoms with Crippen LogP contribution in [0.15, 0.2) is 24.3 Å². The van der Waals surface area contributed by atoms with Gasteiger partial charge in [-0.05, 0) is 43.4 Å². The number of halogens is 1. The maximum absolute atomic E-state index is 5.95. The molecule has 0 saturated heterocycles. The van der Waals surface area contributed by atoms with Crippen LogP contribution in [0.3, 0.4) is 0 Å². The molecule has 0 fully saturated rings. The molecule has 1 rings (SSSR count). The molecule has 0 aromatic heterocycles. The quantitative estimate of drug-likeness (QED) is 0.715. The van der Waals surface area contributed by atoms with Crippen LogP contribution < -0.4 is 5.32 Å². The topological polar surface area (TPSA) is 12.0 Å². The fraction of sp³-hybridized carbons (Fsp3) is 0.625. The van der Waals surface area contributed by atoms with E-state index in [4.69, 9.17) is 11.6 Å². The number of nitrogens with one attached hydrogen (secondary N) is 1. The molecule has 0 bridgehead atoms. The molecule has 0 radical (unpaired) electrons. The number of hydrogen-bond acceptors (Lipinski definition) is 1. The summed E-state index contributed by atoms with van der Waals surface area (Å²) in [4.78, 5) is 0. The first-order valence-electron chi connectivity index (χ1n) is 7.04. The molecular weight excluding hydrogens is 242 g/mol. The Bertz CT molecular complexity index is 331. The Hall–Kier alpha value is -0.530. The molecule has 0 aliphatic heterocycles. The van der Waals surface area contributed by atoms with Crippen LogP contribution in [0.25, 0.3) is 0 Å². The van der Waals surface area contributed by atoms with Crippen LogP contribution in [0.4, 0.5) is 0 Å². The second kappa shape index (κ2) is 7.81. The van der Waals surface area contributed by atoms with E-state index in [1.807, 2.05) is 12.1 Å². The van der Waals surface area contributed by atoms with Crippen LogP contribution in [0, 0.1) is 5.92 Å². The van der Waals surface area contributed by atoms with Gasteiger partial charge in [-0.15, -0.1) is 0 Å². The normalized spacial score (nSPS) is 14.8. The van der Waals surface area contributed by atoms with Crippen LogP contribution in [0.1, 0.15) is 58.6 Å². The molecule has 0 spiro atoms. The maximum Gasteiger partial charge on any atom is 0.0406 e. The Morgan fingerprint density at radius 2 is 1.72 bits per heavy atom. The van der Waals surface area contributed by atoms with E-state index >= 15 is 0 Å². The van der Waals surface area contributed by atoms with Crippen molar-refractivity contribution in [1.29, 1.82) is 0 Å². The van der Waals surface area contributed by atoms with Gasteiger partial charge in [-0.2, -0.15) is 0 Å². The third-order valence-electron chi connectivity index (χ3n) is 3.16. The second-order valence-corrected chi connectivity index (χ2v) is 6.03. The summed E-state index contributed by atoms with van der Waals surface area (Å²) in [5, 5.41) is 4.55. The highest BCUT2D eigenvalue weighted by Crippen LogP contribution is 2.22. The van der Waals surface area contributed by atoms with Crippen molar-refractivity contribution in [3.05, 3.63) is 34.9 Å². The Kier molecular flexibility index (Phi) is 6.73. The summed E-state index contributed by atoms with van der Waals surface area (Å²) in [5.41, 5.74) is 1.34. The Morgan fingerprint density at radius 1 is 1.11 bits per heavy atom. The zero-order valence-electron chi connectivity index (χ0n) is 12.0. The van der Waals surface area contributed by atoms with Gasteiger partial charge in [0.2, 0.25) is 0 Å². The van der Waals surface area contributed by atoms with Crippen LogP contribution in [-0.2, 0) is 0 Å². The van der Waals surface area contributed by atoms with E-state index in [2.05, 4.69) is 45.1 Å². The second-order valence-electron chi connectivity index (χ2n) is 5.59. The van der Waals surface area contributed by atoms with E-state index in [0.717, 1.165) is 10.9 Å². The van der Waals surface area contributed by atoms with Crippen molar-refractivity contribution < 1.29 is 0 Å². The summed E-state index contributed by atoms with van der Waals surface area (Å²) >= 11 is 5.95. The minimum Gasteiger partial charge on any atom is -0.307 e. The van der Waals surface area contributed by atoms with Gasteiger partial charge in [0.25, 0.3) is 0 Å². The zero-order valence-corrected chi connectivity index (χ0v) is 12.8. The molecule has 0 amide bonds. The fourth-order valence-corrected chi connectivity index (χ4v) is 2.57. The molecule has 18 heavy (non-hydrogen) atoms. The Balaban J connectivity index is 2.67. The smallest absolute Gasteiger partial charge is 0.0406 e. The monoisotopic (exact) mass is 267 g/mol. The zero-order chi connectivity index (χ0) is 13.5. The molecule has 1 aromatic carbocycles. The molecule has 102 valence electrons. The summed E-state index contributed by atoms with van der Waals surface area (Å²) in [7, 11) is 0. The van der Waals surface area contributed by atoms with Crippen molar-refractivity contribution >= 4 is 11.6 Å². The molecular formula is C16H26ClN. The molecule has 1 aromatic rings. The van der Waals surface area contributed by atoms with Crippen molar-refractivity contribution in [1.82, 2.24) is 5.32 Å². The van der Waals surface area contributed by atoms with E-state index < -0.39 is 0 Å². The molecule has 0 heterocycles. The summed E-state index contributed by atoms with van der Waals surface area (Å²) in [6.45, 7) is 9.06. The lowest BCUT2D eigenvalue weighted by Gasteiger charge is -2.24. The molecule has 2 heteroatoms. The lowest BCUT2D eigenvalue weighted by molar-refractivity contribution is 0.380. The minimum atomic E-state index is 0.445. The van der Waals surface area contributed by atoms with Gasteiger partial charge in [0.1, 0.15) is 0 Å². The average Bonchev–Trinajstić information content (AvgIpc) is 2.28. The fourth-order valence-electron chi connectivity index (χ4n) is 2.45. The van der Waals surface area contributed by atoms with Gasteiger partial charge in [0.05, 0.1) is 0 Å². The predicted molar refractivity (Wildman–Crippen MR) is 81.2 cm³/mol. The van der Waals surface area contributed by atoms with Gasteiger partial charge >= 0.3 is 0 Å². The summed E-state index contributed by atoms with van der Waals surface area (Å²) in [6.07, 6.45) is 3.58. The molecule has 0 saturated carbocycles. The lowest BCUT2D eigenvalue weighted by Crippen LogP contribution is -2.31. The van der Waals surface area contributed by atoms with Crippen molar-refractivity contribution in [2.24, 2.45) is 5.92 Å². The average molecular weight is 268 g/mol. The van der Waals surface area contributed by atoms with E-state index in [1.54, 1.807) is 0 Å². The number of rotatable bonds is 7. The van der Waals surface area contributed by atoms with Crippen LogP contribution >= 0.6 is 11.6 Å². The first-order valence-corrected chi connectivity index (χ1v) is 7.42. The SMILES string of the molecule is CCCC(NC(C)CC(C)C)c1ccc(Cl)cc1. The highest BCUT2D eigenvalue weighted by atomic mass is 35.5. The molecule has 0 aliphatic rings. The summed E-state index contributed by atoms with van der Waals surface area (Å²) in [5.74, 6) is 0.736. The first kappa shape index (κ1) is 15.5. The van der Waals surface area contributed by atoms with E-state index in [0.29, 0.717) is 12.1 Å². The van der Waals surface area contributed by atoms with E-state index in [1.165, 1.54) is 24.8 Å². The van der Waals surface area contributed by atoms with Crippen LogP contribution in [0.5, 0.6) is 0 Å². The van der Waals surface area contributed by atoms with Crippen LogP contribution in [0.2, 0.25) is 5.02 Å².